The molecule has 1 rings (SSSR count). The summed E-state index contributed by atoms with van der Waals surface area (Å²) >= 11 is 0. The molecule has 0 N–H and O–H groups in total. The Hall–Kier alpha value is -0.260. The van der Waals surface area contributed by atoms with Crippen molar-refractivity contribution in [3.05, 3.63) is 12.7 Å². The van der Waals surface area contributed by atoms with Crippen LogP contribution < -0.4 is 0 Å². The number of hydrogen-bond donors (Lipinski definition) is 0. The summed E-state index contributed by atoms with van der Waals surface area (Å²) < 4.78 is 0. The zero-order chi connectivity index (χ0) is 9.36. The Morgan fingerprint density at radius 2 is 1.77 bits per heavy atom. The SMILES string of the molecule is C=CCCCCCC1CCCCC1. The minimum atomic E-state index is 1.08. The second kappa shape index (κ2) is 7.17. The van der Waals surface area contributed by atoms with Gasteiger partial charge in [0.15, 0.2) is 0 Å². The molecular weight excluding hydrogens is 156 g/mol. The maximum atomic E-state index is 3.75. The predicted octanol–water partition coefficient (Wildman–Crippen LogP) is 4.70. The zero-order valence-corrected chi connectivity index (χ0v) is 8.93. The Labute approximate surface area is 83.4 Å². The summed E-state index contributed by atoms with van der Waals surface area (Å²) in [5, 5.41) is 0. The van der Waals surface area contributed by atoms with Crippen LogP contribution in [-0.2, 0) is 0 Å². The highest BCUT2D eigenvalue weighted by Gasteiger charge is 2.12. The van der Waals surface area contributed by atoms with Gasteiger partial charge in [-0.1, -0.05) is 57.4 Å². The van der Waals surface area contributed by atoms with Crippen LogP contribution in [0.4, 0.5) is 0 Å². The topological polar surface area (TPSA) is 0 Å². The highest BCUT2D eigenvalue weighted by atomic mass is 14.2. The molecule has 0 atom stereocenters. The molecule has 0 aliphatic heterocycles. The van der Waals surface area contributed by atoms with Crippen LogP contribution in [0.25, 0.3) is 0 Å². The fourth-order valence-corrected chi connectivity index (χ4v) is 2.37. The van der Waals surface area contributed by atoms with Gasteiger partial charge in [0.25, 0.3) is 0 Å². The molecule has 0 nitrogen and oxygen atoms in total. The summed E-state index contributed by atoms with van der Waals surface area (Å²) in [4.78, 5) is 0. The van der Waals surface area contributed by atoms with Crippen molar-refractivity contribution < 1.29 is 0 Å². The normalized spacial score (nSPS) is 18.8. The Morgan fingerprint density at radius 1 is 1.00 bits per heavy atom. The molecule has 0 spiro atoms. The molecule has 0 radical (unpaired) electrons. The third-order valence-corrected chi connectivity index (χ3v) is 3.25. The maximum absolute atomic E-state index is 3.75. The van der Waals surface area contributed by atoms with Gasteiger partial charge in [-0.05, 0) is 18.8 Å². The van der Waals surface area contributed by atoms with E-state index in [1.165, 1.54) is 64.2 Å². The fraction of sp³-hybridized carbons (Fsp3) is 0.846. The van der Waals surface area contributed by atoms with Crippen molar-refractivity contribution in [2.24, 2.45) is 5.92 Å². The molecule has 0 unspecified atom stereocenters. The molecule has 76 valence electrons. The van der Waals surface area contributed by atoms with E-state index in [-0.39, 0.29) is 0 Å². The molecule has 0 heteroatoms. The quantitative estimate of drug-likeness (QED) is 0.410. The van der Waals surface area contributed by atoms with E-state index >= 15 is 0 Å². The van der Waals surface area contributed by atoms with E-state index in [1.54, 1.807) is 0 Å². The van der Waals surface area contributed by atoms with E-state index in [4.69, 9.17) is 0 Å². The van der Waals surface area contributed by atoms with Gasteiger partial charge in [0.05, 0.1) is 0 Å². The standard InChI is InChI=1S/C13H24/c1-2-3-4-5-7-10-13-11-8-6-9-12-13/h2,13H,1,3-12H2. The van der Waals surface area contributed by atoms with Gasteiger partial charge in [0.2, 0.25) is 0 Å². The molecule has 0 amide bonds. The summed E-state index contributed by atoms with van der Waals surface area (Å²) in [6.45, 7) is 3.75. The average molecular weight is 180 g/mol. The van der Waals surface area contributed by atoms with E-state index in [9.17, 15) is 0 Å². The fourth-order valence-electron chi connectivity index (χ4n) is 2.37. The van der Waals surface area contributed by atoms with Crippen molar-refractivity contribution in [2.75, 3.05) is 0 Å². The van der Waals surface area contributed by atoms with Gasteiger partial charge in [-0.15, -0.1) is 6.58 Å². The van der Waals surface area contributed by atoms with Crippen molar-refractivity contribution >= 4 is 0 Å². The molecule has 0 heterocycles. The van der Waals surface area contributed by atoms with E-state index in [0.29, 0.717) is 0 Å². The number of allylic oxidation sites excluding steroid dienone is 1. The minimum Gasteiger partial charge on any atom is -0.103 e. The lowest BCUT2D eigenvalue weighted by atomic mass is 9.85. The Morgan fingerprint density at radius 3 is 2.46 bits per heavy atom. The zero-order valence-electron chi connectivity index (χ0n) is 8.93. The van der Waals surface area contributed by atoms with Crippen LogP contribution in [0.5, 0.6) is 0 Å². The third-order valence-electron chi connectivity index (χ3n) is 3.25. The molecule has 0 aromatic heterocycles. The highest BCUT2D eigenvalue weighted by Crippen LogP contribution is 2.27. The Bertz CT molecular complexity index is 120. The van der Waals surface area contributed by atoms with Crippen molar-refractivity contribution in [3.63, 3.8) is 0 Å². The molecule has 0 aromatic rings. The summed E-state index contributed by atoms with van der Waals surface area (Å²) in [7, 11) is 0. The summed E-state index contributed by atoms with van der Waals surface area (Å²) in [6, 6.07) is 0. The van der Waals surface area contributed by atoms with Crippen LogP contribution >= 0.6 is 0 Å². The minimum absolute atomic E-state index is 1.08. The smallest absolute Gasteiger partial charge is 0.0353 e. The van der Waals surface area contributed by atoms with E-state index in [1.807, 2.05) is 6.08 Å². The van der Waals surface area contributed by atoms with Crippen LogP contribution in [-0.4, -0.2) is 0 Å². The average Bonchev–Trinajstić information content (AvgIpc) is 2.19. The largest absolute Gasteiger partial charge is 0.103 e. The van der Waals surface area contributed by atoms with Crippen molar-refractivity contribution in [1.29, 1.82) is 0 Å². The van der Waals surface area contributed by atoms with Crippen molar-refractivity contribution in [1.82, 2.24) is 0 Å². The van der Waals surface area contributed by atoms with Crippen molar-refractivity contribution in [3.8, 4) is 0 Å². The molecule has 13 heavy (non-hydrogen) atoms. The van der Waals surface area contributed by atoms with Gasteiger partial charge in [-0.25, -0.2) is 0 Å². The number of rotatable bonds is 6. The van der Waals surface area contributed by atoms with Crippen LogP contribution in [0.2, 0.25) is 0 Å². The first-order chi connectivity index (χ1) is 6.43. The van der Waals surface area contributed by atoms with Crippen LogP contribution in [0.1, 0.15) is 64.2 Å². The first kappa shape index (κ1) is 10.8. The highest BCUT2D eigenvalue weighted by molar-refractivity contribution is 4.68. The number of unbranched alkanes of at least 4 members (excludes halogenated alkanes) is 3. The molecule has 0 saturated heterocycles. The first-order valence-corrected chi connectivity index (χ1v) is 6.04. The van der Waals surface area contributed by atoms with Gasteiger partial charge in [0, 0.05) is 0 Å². The van der Waals surface area contributed by atoms with Gasteiger partial charge >= 0.3 is 0 Å². The molecule has 1 fully saturated rings. The molecule has 1 saturated carbocycles. The number of hydrogen-bond acceptors (Lipinski definition) is 0. The molecular formula is C13H24. The molecule has 1 aliphatic carbocycles. The predicted molar refractivity (Wildman–Crippen MR) is 59.9 cm³/mol. The van der Waals surface area contributed by atoms with Gasteiger partial charge in [0.1, 0.15) is 0 Å². The van der Waals surface area contributed by atoms with Crippen LogP contribution in [0, 0.1) is 5.92 Å². The summed E-state index contributed by atoms with van der Waals surface area (Å²) in [6.07, 6.45) is 16.5. The van der Waals surface area contributed by atoms with Gasteiger partial charge in [-0.2, -0.15) is 0 Å². The van der Waals surface area contributed by atoms with Gasteiger partial charge < -0.3 is 0 Å². The lowest BCUT2D eigenvalue weighted by Crippen LogP contribution is -2.05. The molecule has 0 bridgehead atoms. The maximum Gasteiger partial charge on any atom is -0.0353 e. The monoisotopic (exact) mass is 180 g/mol. The van der Waals surface area contributed by atoms with Gasteiger partial charge in [-0.3, -0.25) is 0 Å². The Balaban J connectivity index is 1.89. The third kappa shape index (κ3) is 5.13. The van der Waals surface area contributed by atoms with Crippen LogP contribution in [0.3, 0.4) is 0 Å². The Kier molecular flexibility index (Phi) is 5.97. The lowest BCUT2D eigenvalue weighted by Gasteiger charge is -2.21. The molecule has 1 aliphatic rings. The van der Waals surface area contributed by atoms with E-state index in [2.05, 4.69) is 6.58 Å². The first-order valence-electron chi connectivity index (χ1n) is 6.04. The van der Waals surface area contributed by atoms with Crippen molar-refractivity contribution in [2.45, 2.75) is 64.2 Å². The molecule has 0 aromatic carbocycles. The summed E-state index contributed by atoms with van der Waals surface area (Å²) in [5.41, 5.74) is 0. The second-order valence-electron chi connectivity index (χ2n) is 4.43. The van der Waals surface area contributed by atoms with E-state index < -0.39 is 0 Å². The lowest BCUT2D eigenvalue weighted by molar-refractivity contribution is 0.329. The van der Waals surface area contributed by atoms with Crippen LogP contribution in [0.15, 0.2) is 12.7 Å². The summed E-state index contributed by atoms with van der Waals surface area (Å²) in [5.74, 6) is 1.08. The second-order valence-corrected chi connectivity index (χ2v) is 4.43. The van der Waals surface area contributed by atoms with E-state index in [0.717, 1.165) is 5.92 Å².